The van der Waals surface area contributed by atoms with E-state index in [2.05, 4.69) is 4.90 Å². The molecular formula is C11H16ClN4+. The lowest BCUT2D eigenvalue weighted by Crippen LogP contribution is -2.48. The molecule has 0 atom stereocenters. The van der Waals surface area contributed by atoms with Gasteiger partial charge in [-0.05, 0) is 12.1 Å². The Morgan fingerprint density at radius 1 is 1.19 bits per heavy atom. The van der Waals surface area contributed by atoms with Crippen molar-refractivity contribution in [2.75, 3.05) is 31.1 Å². The molecule has 1 aliphatic heterocycles. The molecule has 4 nitrogen and oxygen atoms in total. The van der Waals surface area contributed by atoms with Crippen LogP contribution in [0.5, 0.6) is 0 Å². The third-order valence-corrected chi connectivity index (χ3v) is 3.16. The summed E-state index contributed by atoms with van der Waals surface area (Å²) in [7, 11) is 0. The van der Waals surface area contributed by atoms with E-state index in [-0.39, 0.29) is 0 Å². The molecule has 86 valence electrons. The molecule has 1 aliphatic rings. The second kappa shape index (κ2) is 4.61. The van der Waals surface area contributed by atoms with Gasteiger partial charge in [0.25, 0.3) is 0 Å². The van der Waals surface area contributed by atoms with Gasteiger partial charge in [-0.15, -0.1) is 0 Å². The lowest BCUT2D eigenvalue weighted by Gasteiger charge is -2.30. The number of hydrogen-bond acceptors (Lipinski definition) is 1. The van der Waals surface area contributed by atoms with Crippen LogP contribution in [0.3, 0.4) is 0 Å². The van der Waals surface area contributed by atoms with Crippen LogP contribution < -0.4 is 16.4 Å². The summed E-state index contributed by atoms with van der Waals surface area (Å²) in [5, 5.41) is 0.792. The lowest BCUT2D eigenvalue weighted by atomic mass is 10.2. The molecule has 1 saturated heterocycles. The maximum Gasteiger partial charge on any atom is 0.341 e. The number of nitrogens with zero attached hydrogens (tertiary/aromatic N) is 2. The lowest BCUT2D eigenvalue weighted by molar-refractivity contribution is -0.531. The van der Waals surface area contributed by atoms with Crippen LogP contribution in [0.2, 0.25) is 5.02 Å². The zero-order valence-corrected chi connectivity index (χ0v) is 9.82. The molecule has 0 radical (unpaired) electrons. The van der Waals surface area contributed by atoms with E-state index in [9.17, 15) is 0 Å². The highest BCUT2D eigenvalue weighted by Crippen LogP contribution is 2.25. The Morgan fingerprint density at radius 2 is 1.81 bits per heavy atom. The van der Waals surface area contributed by atoms with Gasteiger partial charge in [0.05, 0.1) is 23.8 Å². The first-order valence-corrected chi connectivity index (χ1v) is 5.68. The van der Waals surface area contributed by atoms with Crippen molar-refractivity contribution in [3.63, 3.8) is 0 Å². The Bertz CT molecular complexity index is 402. The smallest absolute Gasteiger partial charge is 0.341 e. The van der Waals surface area contributed by atoms with E-state index >= 15 is 0 Å². The molecule has 4 N–H and O–H groups in total. The van der Waals surface area contributed by atoms with Crippen molar-refractivity contribution in [2.45, 2.75) is 0 Å². The number of halogens is 1. The Kier molecular flexibility index (Phi) is 3.19. The number of benzene rings is 1. The average Bonchev–Trinajstić information content (AvgIpc) is 2.30. The van der Waals surface area contributed by atoms with E-state index in [1.807, 2.05) is 28.8 Å². The number of rotatable bonds is 1. The van der Waals surface area contributed by atoms with E-state index < -0.39 is 0 Å². The van der Waals surface area contributed by atoms with Crippen LogP contribution in [-0.4, -0.2) is 36.7 Å². The summed E-state index contributed by atoms with van der Waals surface area (Å²) in [5.74, 6) is 0.402. The number of nitrogens with two attached hydrogens (primary N) is 2. The van der Waals surface area contributed by atoms with Gasteiger partial charge < -0.3 is 4.90 Å². The molecule has 5 heteroatoms. The number of guanidine groups is 1. The number of piperazine rings is 1. The van der Waals surface area contributed by atoms with Crippen LogP contribution >= 0.6 is 11.6 Å². The molecule has 0 aromatic heterocycles. The van der Waals surface area contributed by atoms with E-state index in [0.29, 0.717) is 5.96 Å². The van der Waals surface area contributed by atoms with Gasteiger partial charge in [0.15, 0.2) is 0 Å². The highest BCUT2D eigenvalue weighted by molar-refractivity contribution is 6.33. The summed E-state index contributed by atoms with van der Waals surface area (Å²) >= 11 is 6.15. The van der Waals surface area contributed by atoms with Crippen molar-refractivity contribution >= 4 is 23.2 Å². The van der Waals surface area contributed by atoms with E-state index in [0.717, 1.165) is 36.9 Å². The first kappa shape index (κ1) is 11.1. The average molecular weight is 240 g/mol. The Morgan fingerprint density at radius 3 is 2.38 bits per heavy atom. The van der Waals surface area contributed by atoms with Gasteiger partial charge in [0, 0.05) is 13.1 Å². The zero-order chi connectivity index (χ0) is 11.5. The maximum atomic E-state index is 6.15. The summed E-state index contributed by atoms with van der Waals surface area (Å²) in [6.45, 7) is 3.46. The fourth-order valence-corrected chi connectivity index (χ4v) is 2.17. The van der Waals surface area contributed by atoms with Crippen LogP contribution in [0.1, 0.15) is 0 Å². The minimum absolute atomic E-state index is 0.402. The second-order valence-corrected chi connectivity index (χ2v) is 4.26. The fourth-order valence-electron chi connectivity index (χ4n) is 1.91. The van der Waals surface area contributed by atoms with Crippen molar-refractivity contribution in [2.24, 2.45) is 11.5 Å². The predicted octanol–water partition coefficient (Wildman–Crippen LogP) is 0.446. The van der Waals surface area contributed by atoms with Crippen molar-refractivity contribution in [3.05, 3.63) is 29.3 Å². The number of hydrogen-bond donors (Lipinski definition) is 2. The molecule has 0 aliphatic carbocycles. The van der Waals surface area contributed by atoms with E-state index in [4.69, 9.17) is 23.1 Å². The van der Waals surface area contributed by atoms with Gasteiger partial charge in [-0.3, -0.25) is 16.0 Å². The quantitative estimate of drug-likeness (QED) is 0.553. The number of anilines is 1. The zero-order valence-electron chi connectivity index (χ0n) is 9.06. The van der Waals surface area contributed by atoms with Crippen LogP contribution in [0.4, 0.5) is 5.69 Å². The summed E-state index contributed by atoms with van der Waals surface area (Å²) in [5.41, 5.74) is 12.2. The van der Waals surface area contributed by atoms with Gasteiger partial charge in [0.2, 0.25) is 0 Å². The largest absolute Gasteiger partial charge is 0.364 e. The van der Waals surface area contributed by atoms with E-state index in [1.165, 1.54) is 0 Å². The summed E-state index contributed by atoms with van der Waals surface area (Å²) < 4.78 is 1.98. The van der Waals surface area contributed by atoms with Crippen LogP contribution in [0.15, 0.2) is 24.3 Å². The first-order chi connectivity index (χ1) is 7.68. The molecule has 0 bridgehead atoms. The molecular weight excluding hydrogens is 224 g/mol. The molecule has 1 fully saturated rings. The molecule has 0 unspecified atom stereocenters. The molecule has 16 heavy (non-hydrogen) atoms. The molecule has 0 saturated carbocycles. The van der Waals surface area contributed by atoms with E-state index in [1.54, 1.807) is 0 Å². The normalized spacial score (nSPS) is 16.3. The van der Waals surface area contributed by atoms with Crippen LogP contribution in [0.25, 0.3) is 0 Å². The standard InChI is InChI=1S/C11H15ClN4/c12-9-3-1-2-4-10(9)15-5-7-16(8-6-15)11(13)14/h1-4H,5-8H2,(H3,13,14)/p+1. The van der Waals surface area contributed by atoms with Crippen LogP contribution in [0, 0.1) is 0 Å². The predicted molar refractivity (Wildman–Crippen MR) is 67.0 cm³/mol. The third kappa shape index (κ3) is 2.22. The third-order valence-electron chi connectivity index (χ3n) is 2.84. The minimum atomic E-state index is 0.402. The molecule has 1 aromatic carbocycles. The Hall–Kier alpha value is -1.42. The molecule has 1 heterocycles. The van der Waals surface area contributed by atoms with Crippen molar-refractivity contribution in [1.82, 2.24) is 0 Å². The molecule has 0 spiro atoms. The Labute approximate surface area is 100 Å². The highest BCUT2D eigenvalue weighted by Gasteiger charge is 2.18. The van der Waals surface area contributed by atoms with Crippen molar-refractivity contribution in [3.8, 4) is 0 Å². The fraction of sp³-hybridized carbons (Fsp3) is 0.364. The van der Waals surface area contributed by atoms with Gasteiger partial charge >= 0.3 is 5.96 Å². The van der Waals surface area contributed by atoms with Gasteiger partial charge in [-0.1, -0.05) is 23.7 Å². The minimum Gasteiger partial charge on any atom is -0.364 e. The molecule has 2 rings (SSSR count). The highest BCUT2D eigenvalue weighted by atomic mass is 35.5. The van der Waals surface area contributed by atoms with Crippen LogP contribution in [-0.2, 0) is 0 Å². The monoisotopic (exact) mass is 239 g/mol. The SMILES string of the molecule is NC(N)=[N+]1CCN(c2ccccc2Cl)CC1. The summed E-state index contributed by atoms with van der Waals surface area (Å²) in [4.78, 5) is 2.25. The number of para-hydroxylation sites is 1. The Balaban J connectivity index is 2.11. The summed E-state index contributed by atoms with van der Waals surface area (Å²) in [6.07, 6.45) is 0. The van der Waals surface area contributed by atoms with Crippen molar-refractivity contribution < 1.29 is 4.58 Å². The second-order valence-electron chi connectivity index (χ2n) is 3.85. The molecule has 0 amide bonds. The van der Waals surface area contributed by atoms with Gasteiger partial charge in [-0.2, -0.15) is 0 Å². The van der Waals surface area contributed by atoms with Crippen molar-refractivity contribution in [1.29, 1.82) is 0 Å². The molecule has 1 aromatic rings. The topological polar surface area (TPSA) is 58.3 Å². The first-order valence-electron chi connectivity index (χ1n) is 5.31. The summed E-state index contributed by atoms with van der Waals surface area (Å²) in [6, 6.07) is 7.88. The van der Waals surface area contributed by atoms with Gasteiger partial charge in [0.1, 0.15) is 0 Å². The maximum absolute atomic E-state index is 6.15. The van der Waals surface area contributed by atoms with Gasteiger partial charge in [-0.25, -0.2) is 0 Å².